The van der Waals surface area contributed by atoms with E-state index in [1.807, 2.05) is 19.9 Å². The first-order valence-corrected chi connectivity index (χ1v) is 6.83. The summed E-state index contributed by atoms with van der Waals surface area (Å²) in [5, 5.41) is 6.05. The Morgan fingerprint density at radius 2 is 2.11 bits per heavy atom. The zero-order chi connectivity index (χ0) is 14.3. The summed E-state index contributed by atoms with van der Waals surface area (Å²) < 4.78 is 13.1. The van der Waals surface area contributed by atoms with Crippen LogP contribution >= 0.6 is 0 Å². The summed E-state index contributed by atoms with van der Waals surface area (Å²) in [7, 11) is 0. The van der Waals surface area contributed by atoms with Gasteiger partial charge in [-0.3, -0.25) is 10.1 Å². The van der Waals surface area contributed by atoms with Gasteiger partial charge >= 0.3 is 0 Å². The van der Waals surface area contributed by atoms with Gasteiger partial charge in [0.05, 0.1) is 6.04 Å². The molecule has 1 rings (SSSR count). The smallest absolute Gasteiger partial charge is 0.236 e. The van der Waals surface area contributed by atoms with Crippen LogP contribution in [0.15, 0.2) is 24.3 Å². The predicted octanol–water partition coefficient (Wildman–Crippen LogP) is 2.78. The first kappa shape index (κ1) is 15.6. The largest absolute Gasteiger partial charge is 0.355 e. The summed E-state index contributed by atoms with van der Waals surface area (Å²) in [6.45, 7) is 6.53. The highest BCUT2D eigenvalue weighted by Gasteiger charge is 2.15. The maximum Gasteiger partial charge on any atom is 0.236 e. The van der Waals surface area contributed by atoms with Gasteiger partial charge in [0, 0.05) is 12.6 Å². The molecular weight excluding hydrogens is 243 g/mol. The molecule has 0 saturated carbocycles. The van der Waals surface area contributed by atoms with Gasteiger partial charge in [-0.05, 0) is 38.0 Å². The number of amides is 1. The standard InChI is InChI=1S/C15H23FN2O/c1-4-5-9-17-15(19)12(3)18-11(2)13-7-6-8-14(16)10-13/h6-8,10-12,18H,4-5,9H2,1-3H3,(H,17,19)/t11-,12?/m0/s1. The number of benzene rings is 1. The second-order valence-electron chi connectivity index (χ2n) is 4.81. The number of hydrogen-bond donors (Lipinski definition) is 2. The van der Waals surface area contributed by atoms with E-state index in [0.29, 0.717) is 6.54 Å². The van der Waals surface area contributed by atoms with Crippen molar-refractivity contribution < 1.29 is 9.18 Å². The molecule has 0 aromatic heterocycles. The van der Waals surface area contributed by atoms with E-state index in [9.17, 15) is 9.18 Å². The highest BCUT2D eigenvalue weighted by molar-refractivity contribution is 5.81. The number of hydrogen-bond acceptors (Lipinski definition) is 2. The molecule has 0 aliphatic heterocycles. The molecule has 0 aliphatic rings. The molecule has 4 heteroatoms. The van der Waals surface area contributed by atoms with Gasteiger partial charge in [0.25, 0.3) is 0 Å². The van der Waals surface area contributed by atoms with Crippen LogP contribution < -0.4 is 10.6 Å². The molecule has 0 saturated heterocycles. The normalized spacial score (nSPS) is 13.9. The Bertz CT molecular complexity index is 409. The second kappa shape index (κ2) is 7.89. The fourth-order valence-electron chi connectivity index (χ4n) is 1.86. The summed E-state index contributed by atoms with van der Waals surface area (Å²) in [5.74, 6) is -0.275. The van der Waals surface area contributed by atoms with E-state index in [1.165, 1.54) is 12.1 Å². The average Bonchev–Trinajstić information content (AvgIpc) is 2.38. The number of nitrogens with one attached hydrogen (secondary N) is 2. The number of carbonyl (C=O) groups excluding carboxylic acids is 1. The van der Waals surface area contributed by atoms with E-state index in [1.54, 1.807) is 6.07 Å². The third-order valence-electron chi connectivity index (χ3n) is 3.07. The fourth-order valence-corrected chi connectivity index (χ4v) is 1.86. The Balaban J connectivity index is 2.47. The van der Waals surface area contributed by atoms with Crippen LogP contribution in [0.3, 0.4) is 0 Å². The molecule has 106 valence electrons. The summed E-state index contributed by atoms with van der Waals surface area (Å²) in [6.07, 6.45) is 2.04. The molecule has 0 heterocycles. The Hall–Kier alpha value is -1.42. The van der Waals surface area contributed by atoms with Crippen molar-refractivity contribution in [2.45, 2.75) is 45.7 Å². The van der Waals surface area contributed by atoms with Crippen LogP contribution in [0.1, 0.15) is 45.2 Å². The van der Waals surface area contributed by atoms with Gasteiger partial charge < -0.3 is 5.32 Å². The topological polar surface area (TPSA) is 41.1 Å². The van der Waals surface area contributed by atoms with Crippen LogP contribution in [0.2, 0.25) is 0 Å². The van der Waals surface area contributed by atoms with Crippen LogP contribution in [0.4, 0.5) is 4.39 Å². The SMILES string of the molecule is CCCCNC(=O)C(C)N[C@@H](C)c1cccc(F)c1. The van der Waals surface area contributed by atoms with Crippen LogP contribution in [-0.2, 0) is 4.79 Å². The molecule has 0 bridgehead atoms. The molecule has 1 aromatic carbocycles. The van der Waals surface area contributed by atoms with Gasteiger partial charge in [0.2, 0.25) is 5.91 Å². The lowest BCUT2D eigenvalue weighted by atomic mass is 10.1. The highest BCUT2D eigenvalue weighted by atomic mass is 19.1. The van der Waals surface area contributed by atoms with E-state index in [2.05, 4.69) is 17.6 Å². The van der Waals surface area contributed by atoms with Gasteiger partial charge in [0.1, 0.15) is 5.82 Å². The van der Waals surface area contributed by atoms with Crippen LogP contribution in [-0.4, -0.2) is 18.5 Å². The Morgan fingerprint density at radius 1 is 1.37 bits per heavy atom. The molecule has 0 fully saturated rings. The van der Waals surface area contributed by atoms with Crippen LogP contribution in [0.5, 0.6) is 0 Å². The molecule has 1 aromatic rings. The molecule has 0 spiro atoms. The molecule has 1 unspecified atom stereocenters. The Morgan fingerprint density at radius 3 is 2.74 bits per heavy atom. The van der Waals surface area contributed by atoms with E-state index in [-0.39, 0.29) is 23.8 Å². The molecule has 19 heavy (non-hydrogen) atoms. The minimum absolute atomic E-state index is 0.0169. The van der Waals surface area contributed by atoms with Crippen LogP contribution in [0.25, 0.3) is 0 Å². The number of unbranched alkanes of at least 4 members (excludes halogenated alkanes) is 1. The molecular formula is C15H23FN2O. The van der Waals surface area contributed by atoms with Crippen molar-refractivity contribution in [3.8, 4) is 0 Å². The Labute approximate surface area is 114 Å². The summed E-state index contributed by atoms with van der Waals surface area (Å²) in [6, 6.07) is 6.06. The van der Waals surface area contributed by atoms with Crippen molar-refractivity contribution in [2.75, 3.05) is 6.54 Å². The Kier molecular flexibility index (Phi) is 6.50. The molecule has 2 atom stereocenters. The zero-order valence-electron chi connectivity index (χ0n) is 11.9. The predicted molar refractivity (Wildman–Crippen MR) is 75.3 cm³/mol. The molecule has 1 amide bonds. The quantitative estimate of drug-likeness (QED) is 0.745. The first-order valence-electron chi connectivity index (χ1n) is 6.83. The summed E-state index contributed by atoms with van der Waals surface area (Å²) in [4.78, 5) is 11.8. The van der Waals surface area contributed by atoms with Gasteiger partial charge in [-0.2, -0.15) is 0 Å². The van der Waals surface area contributed by atoms with Crippen molar-refractivity contribution in [1.82, 2.24) is 10.6 Å². The fraction of sp³-hybridized carbons (Fsp3) is 0.533. The minimum Gasteiger partial charge on any atom is -0.355 e. The van der Waals surface area contributed by atoms with Gasteiger partial charge in [-0.25, -0.2) is 4.39 Å². The van der Waals surface area contributed by atoms with Crippen molar-refractivity contribution in [1.29, 1.82) is 0 Å². The number of halogens is 1. The van der Waals surface area contributed by atoms with Gasteiger partial charge in [-0.1, -0.05) is 25.5 Å². The number of carbonyl (C=O) groups is 1. The first-order chi connectivity index (χ1) is 9.04. The lowest BCUT2D eigenvalue weighted by Crippen LogP contribution is -2.43. The maximum absolute atomic E-state index is 13.1. The van der Waals surface area contributed by atoms with Crippen molar-refractivity contribution in [3.63, 3.8) is 0 Å². The lowest BCUT2D eigenvalue weighted by molar-refractivity contribution is -0.122. The summed E-state index contributed by atoms with van der Waals surface area (Å²) >= 11 is 0. The third kappa shape index (κ3) is 5.39. The molecule has 2 N–H and O–H groups in total. The second-order valence-corrected chi connectivity index (χ2v) is 4.81. The zero-order valence-corrected chi connectivity index (χ0v) is 11.9. The van der Waals surface area contributed by atoms with E-state index in [0.717, 1.165) is 18.4 Å². The van der Waals surface area contributed by atoms with E-state index < -0.39 is 0 Å². The molecule has 3 nitrogen and oxygen atoms in total. The van der Waals surface area contributed by atoms with E-state index in [4.69, 9.17) is 0 Å². The number of rotatable bonds is 7. The van der Waals surface area contributed by atoms with E-state index >= 15 is 0 Å². The highest BCUT2D eigenvalue weighted by Crippen LogP contribution is 2.14. The minimum atomic E-state index is -0.296. The molecule has 0 radical (unpaired) electrons. The van der Waals surface area contributed by atoms with Crippen LogP contribution in [0, 0.1) is 5.82 Å². The maximum atomic E-state index is 13.1. The van der Waals surface area contributed by atoms with Gasteiger partial charge in [-0.15, -0.1) is 0 Å². The van der Waals surface area contributed by atoms with Crippen molar-refractivity contribution in [3.05, 3.63) is 35.6 Å². The third-order valence-corrected chi connectivity index (χ3v) is 3.07. The van der Waals surface area contributed by atoms with Crippen molar-refractivity contribution >= 4 is 5.91 Å². The summed E-state index contributed by atoms with van der Waals surface area (Å²) in [5.41, 5.74) is 0.841. The monoisotopic (exact) mass is 266 g/mol. The molecule has 0 aliphatic carbocycles. The lowest BCUT2D eigenvalue weighted by Gasteiger charge is -2.20. The van der Waals surface area contributed by atoms with Gasteiger partial charge in [0.15, 0.2) is 0 Å². The average molecular weight is 266 g/mol. The van der Waals surface area contributed by atoms with Crippen molar-refractivity contribution in [2.24, 2.45) is 0 Å².